The molecular formula is C11H16N2O2. The monoisotopic (exact) mass is 208 g/mol. The second-order valence-electron chi connectivity index (χ2n) is 3.43. The molecule has 1 aromatic carbocycles. The van der Waals surface area contributed by atoms with E-state index in [9.17, 15) is 9.90 Å². The van der Waals surface area contributed by atoms with Crippen LogP contribution in [0.1, 0.15) is 19.8 Å². The van der Waals surface area contributed by atoms with Crippen LogP contribution >= 0.6 is 0 Å². The Morgan fingerprint density at radius 2 is 2.33 bits per heavy atom. The molecule has 0 radical (unpaired) electrons. The van der Waals surface area contributed by atoms with Gasteiger partial charge in [-0.2, -0.15) is 0 Å². The number of amides is 1. The van der Waals surface area contributed by atoms with E-state index in [-0.39, 0.29) is 11.7 Å². The number of hydrogen-bond donors (Lipinski definition) is 3. The minimum Gasteiger partial charge on any atom is -0.508 e. The molecule has 0 aliphatic rings. The molecule has 15 heavy (non-hydrogen) atoms. The summed E-state index contributed by atoms with van der Waals surface area (Å²) in [5.41, 5.74) is 6.20. The third-order valence-electron chi connectivity index (χ3n) is 2.05. The van der Waals surface area contributed by atoms with E-state index in [1.54, 1.807) is 18.2 Å². The van der Waals surface area contributed by atoms with Crippen LogP contribution in [-0.2, 0) is 4.79 Å². The van der Waals surface area contributed by atoms with E-state index in [1.165, 1.54) is 6.07 Å². The van der Waals surface area contributed by atoms with Gasteiger partial charge in [-0.15, -0.1) is 0 Å². The topological polar surface area (TPSA) is 75.4 Å². The molecule has 0 aromatic heterocycles. The van der Waals surface area contributed by atoms with E-state index >= 15 is 0 Å². The number of rotatable bonds is 4. The van der Waals surface area contributed by atoms with Gasteiger partial charge in [0.2, 0.25) is 5.91 Å². The molecule has 1 rings (SSSR count). The fourth-order valence-corrected chi connectivity index (χ4v) is 1.26. The molecule has 0 bridgehead atoms. The van der Waals surface area contributed by atoms with Crippen LogP contribution in [-0.4, -0.2) is 17.1 Å². The van der Waals surface area contributed by atoms with E-state index < -0.39 is 6.04 Å². The van der Waals surface area contributed by atoms with Crippen LogP contribution < -0.4 is 11.1 Å². The molecule has 0 spiro atoms. The number of aromatic hydroxyl groups is 1. The van der Waals surface area contributed by atoms with Crippen LogP contribution in [0.3, 0.4) is 0 Å². The highest BCUT2D eigenvalue weighted by Gasteiger charge is 2.11. The maximum Gasteiger partial charge on any atom is 0.241 e. The van der Waals surface area contributed by atoms with Gasteiger partial charge in [0.25, 0.3) is 0 Å². The Kier molecular flexibility index (Phi) is 4.12. The summed E-state index contributed by atoms with van der Waals surface area (Å²) in [6, 6.07) is 5.91. The second-order valence-corrected chi connectivity index (χ2v) is 3.43. The van der Waals surface area contributed by atoms with Gasteiger partial charge in [0, 0.05) is 11.8 Å². The van der Waals surface area contributed by atoms with Crippen LogP contribution in [0.2, 0.25) is 0 Å². The number of nitrogens with one attached hydrogen (secondary N) is 1. The van der Waals surface area contributed by atoms with Crippen molar-refractivity contribution < 1.29 is 9.90 Å². The van der Waals surface area contributed by atoms with Crippen molar-refractivity contribution in [1.82, 2.24) is 0 Å². The van der Waals surface area contributed by atoms with Gasteiger partial charge < -0.3 is 16.2 Å². The van der Waals surface area contributed by atoms with E-state index in [1.807, 2.05) is 6.92 Å². The summed E-state index contributed by atoms with van der Waals surface area (Å²) >= 11 is 0. The molecule has 4 N–H and O–H groups in total. The SMILES string of the molecule is CCCC(N)C(=O)Nc1cccc(O)c1. The van der Waals surface area contributed by atoms with Crippen LogP contribution in [0.4, 0.5) is 5.69 Å². The first-order valence-electron chi connectivity index (χ1n) is 4.99. The minimum absolute atomic E-state index is 0.122. The fourth-order valence-electron chi connectivity index (χ4n) is 1.26. The molecule has 1 atom stereocenters. The van der Waals surface area contributed by atoms with Crippen molar-refractivity contribution in [2.24, 2.45) is 5.73 Å². The third kappa shape index (κ3) is 3.59. The largest absolute Gasteiger partial charge is 0.508 e. The van der Waals surface area contributed by atoms with Gasteiger partial charge in [-0.25, -0.2) is 0 Å². The fraction of sp³-hybridized carbons (Fsp3) is 0.364. The van der Waals surface area contributed by atoms with E-state index in [0.29, 0.717) is 12.1 Å². The van der Waals surface area contributed by atoms with Gasteiger partial charge in [0.15, 0.2) is 0 Å². The Balaban J connectivity index is 2.58. The maximum atomic E-state index is 11.5. The van der Waals surface area contributed by atoms with Gasteiger partial charge in [0.1, 0.15) is 5.75 Å². The van der Waals surface area contributed by atoms with Crippen LogP contribution in [0.5, 0.6) is 5.75 Å². The summed E-state index contributed by atoms with van der Waals surface area (Å²) in [6.07, 6.45) is 1.53. The first-order chi connectivity index (χ1) is 7.13. The van der Waals surface area contributed by atoms with Crippen molar-refractivity contribution in [3.63, 3.8) is 0 Å². The van der Waals surface area contributed by atoms with Gasteiger partial charge in [-0.05, 0) is 18.6 Å². The van der Waals surface area contributed by atoms with E-state index in [4.69, 9.17) is 5.73 Å². The Bertz CT molecular complexity index is 339. The van der Waals surface area contributed by atoms with Gasteiger partial charge in [0.05, 0.1) is 6.04 Å². The predicted octanol–water partition coefficient (Wildman–Crippen LogP) is 1.46. The zero-order chi connectivity index (χ0) is 11.3. The normalized spacial score (nSPS) is 12.1. The van der Waals surface area contributed by atoms with Gasteiger partial charge in [-0.1, -0.05) is 19.4 Å². The molecule has 1 amide bonds. The molecule has 0 aliphatic carbocycles. The number of nitrogens with two attached hydrogens (primary N) is 1. The number of phenols is 1. The average molecular weight is 208 g/mol. The second kappa shape index (κ2) is 5.36. The lowest BCUT2D eigenvalue weighted by Crippen LogP contribution is -2.35. The van der Waals surface area contributed by atoms with Crippen molar-refractivity contribution in [3.05, 3.63) is 24.3 Å². The molecular weight excluding hydrogens is 192 g/mol. The average Bonchev–Trinajstić information content (AvgIpc) is 2.18. The number of hydrogen-bond acceptors (Lipinski definition) is 3. The van der Waals surface area contributed by atoms with Crippen molar-refractivity contribution >= 4 is 11.6 Å². The molecule has 0 heterocycles. The molecule has 1 aromatic rings. The van der Waals surface area contributed by atoms with Crippen molar-refractivity contribution in [2.75, 3.05) is 5.32 Å². The van der Waals surface area contributed by atoms with Gasteiger partial charge >= 0.3 is 0 Å². The Labute approximate surface area is 89.1 Å². The smallest absolute Gasteiger partial charge is 0.241 e. The summed E-state index contributed by atoms with van der Waals surface area (Å²) in [5.74, 6) is -0.0979. The first kappa shape index (κ1) is 11.5. The van der Waals surface area contributed by atoms with Crippen molar-refractivity contribution in [2.45, 2.75) is 25.8 Å². The summed E-state index contributed by atoms with van der Waals surface area (Å²) < 4.78 is 0. The quantitative estimate of drug-likeness (QED) is 0.701. The first-order valence-corrected chi connectivity index (χ1v) is 4.99. The van der Waals surface area contributed by atoms with Crippen LogP contribution in [0, 0.1) is 0 Å². The van der Waals surface area contributed by atoms with Crippen molar-refractivity contribution in [1.29, 1.82) is 0 Å². The Morgan fingerprint density at radius 3 is 2.93 bits per heavy atom. The molecule has 0 fully saturated rings. The number of benzene rings is 1. The van der Waals surface area contributed by atoms with Gasteiger partial charge in [-0.3, -0.25) is 4.79 Å². The lowest BCUT2D eigenvalue weighted by Gasteiger charge is -2.11. The third-order valence-corrected chi connectivity index (χ3v) is 2.05. The van der Waals surface area contributed by atoms with E-state index in [2.05, 4.69) is 5.32 Å². The molecule has 0 saturated heterocycles. The lowest BCUT2D eigenvalue weighted by molar-refractivity contribution is -0.117. The number of phenolic OH excluding ortho intramolecular Hbond substituents is 1. The lowest BCUT2D eigenvalue weighted by atomic mass is 10.1. The minimum atomic E-state index is -0.489. The molecule has 0 aliphatic heterocycles. The molecule has 4 nitrogen and oxygen atoms in total. The highest BCUT2D eigenvalue weighted by molar-refractivity contribution is 5.94. The summed E-state index contributed by atoms with van der Waals surface area (Å²) in [7, 11) is 0. The molecule has 4 heteroatoms. The molecule has 0 saturated carbocycles. The Hall–Kier alpha value is -1.55. The summed E-state index contributed by atoms with van der Waals surface area (Å²) in [6.45, 7) is 1.97. The number of carbonyl (C=O) groups excluding carboxylic acids is 1. The van der Waals surface area contributed by atoms with Crippen LogP contribution in [0.15, 0.2) is 24.3 Å². The maximum absolute atomic E-state index is 11.5. The predicted molar refractivity (Wildman–Crippen MR) is 59.6 cm³/mol. The zero-order valence-electron chi connectivity index (χ0n) is 8.73. The Morgan fingerprint density at radius 1 is 1.60 bits per heavy atom. The summed E-state index contributed by atoms with van der Waals surface area (Å²) in [5, 5.41) is 11.8. The highest BCUT2D eigenvalue weighted by atomic mass is 16.3. The van der Waals surface area contributed by atoms with Crippen molar-refractivity contribution in [3.8, 4) is 5.75 Å². The zero-order valence-corrected chi connectivity index (χ0v) is 8.73. The van der Waals surface area contributed by atoms with E-state index in [0.717, 1.165) is 6.42 Å². The number of anilines is 1. The molecule has 1 unspecified atom stereocenters. The highest BCUT2D eigenvalue weighted by Crippen LogP contribution is 2.15. The standard InChI is InChI=1S/C11H16N2O2/c1-2-4-10(12)11(15)13-8-5-3-6-9(14)7-8/h3,5-7,10,14H,2,4,12H2,1H3,(H,13,15). The van der Waals surface area contributed by atoms with Crippen LogP contribution in [0.25, 0.3) is 0 Å². The number of carbonyl (C=O) groups is 1. The molecule has 82 valence electrons. The summed E-state index contributed by atoms with van der Waals surface area (Å²) in [4.78, 5) is 11.5.